The van der Waals surface area contributed by atoms with Gasteiger partial charge in [-0.25, -0.2) is 14.6 Å². The molecule has 3 heterocycles. The van der Waals surface area contributed by atoms with Gasteiger partial charge in [-0.2, -0.15) is 5.10 Å². The molecule has 1 fully saturated rings. The number of likely N-dealkylation sites (tertiary alicyclic amines) is 1. The highest BCUT2D eigenvalue weighted by Crippen LogP contribution is 2.30. The van der Waals surface area contributed by atoms with Gasteiger partial charge in [0.05, 0.1) is 16.9 Å². The molecule has 0 aliphatic carbocycles. The van der Waals surface area contributed by atoms with Crippen LogP contribution in [0, 0.1) is 0 Å². The highest BCUT2D eigenvalue weighted by atomic mass is 16.1. The van der Waals surface area contributed by atoms with Crippen molar-refractivity contribution in [1.29, 1.82) is 0 Å². The number of nitrogens with one attached hydrogen (secondary N) is 1. The van der Waals surface area contributed by atoms with E-state index in [1.54, 1.807) is 6.33 Å². The van der Waals surface area contributed by atoms with Crippen LogP contribution >= 0.6 is 0 Å². The van der Waals surface area contributed by atoms with E-state index in [-0.39, 0.29) is 11.8 Å². The van der Waals surface area contributed by atoms with Crippen molar-refractivity contribution in [3.63, 3.8) is 0 Å². The lowest BCUT2D eigenvalue weighted by atomic mass is 9.92. The van der Waals surface area contributed by atoms with Crippen LogP contribution in [-0.2, 0) is 6.54 Å². The number of rotatable bonds is 6. The molecule has 0 radical (unpaired) electrons. The van der Waals surface area contributed by atoms with Gasteiger partial charge in [-0.3, -0.25) is 9.69 Å². The average molecular weight is 390 g/mol. The summed E-state index contributed by atoms with van der Waals surface area (Å²) < 4.78 is 1.82. The second-order valence-electron chi connectivity index (χ2n) is 7.39. The fourth-order valence-electron chi connectivity index (χ4n) is 3.92. The summed E-state index contributed by atoms with van der Waals surface area (Å²) in [6.45, 7) is 5.24. The predicted octanol–water partition coefficient (Wildman–Crippen LogP) is 2.79. The van der Waals surface area contributed by atoms with E-state index in [4.69, 9.17) is 5.10 Å². The second-order valence-corrected chi connectivity index (χ2v) is 7.39. The Labute approximate surface area is 170 Å². The third-order valence-corrected chi connectivity index (χ3v) is 5.26. The minimum absolute atomic E-state index is 0.0572. The zero-order valence-electron chi connectivity index (χ0n) is 16.7. The Morgan fingerprint density at radius 2 is 2.00 bits per heavy atom. The van der Waals surface area contributed by atoms with Crippen LogP contribution in [-0.4, -0.2) is 50.2 Å². The fourth-order valence-corrected chi connectivity index (χ4v) is 3.92. The molecule has 2 aromatic heterocycles. The number of piperidine rings is 1. The molecular formula is C22H26N6O. The van der Waals surface area contributed by atoms with E-state index in [9.17, 15) is 4.79 Å². The molecule has 1 aliphatic rings. The monoisotopic (exact) mass is 390 g/mol. The van der Waals surface area contributed by atoms with E-state index in [0.29, 0.717) is 12.1 Å². The number of benzene rings is 1. The molecule has 1 atom stereocenters. The highest BCUT2D eigenvalue weighted by molar-refractivity contribution is 5.95. The van der Waals surface area contributed by atoms with Crippen LogP contribution in [0.3, 0.4) is 0 Å². The molecule has 1 saturated heterocycles. The molecule has 1 unspecified atom stereocenters. The summed E-state index contributed by atoms with van der Waals surface area (Å²) in [4.78, 5) is 23.4. The molecule has 0 spiro atoms. The number of carbonyl (C=O) groups is 1. The number of nitrogens with zero attached hydrogens (tertiary/aromatic N) is 5. The van der Waals surface area contributed by atoms with Crippen molar-refractivity contribution >= 4 is 5.91 Å². The van der Waals surface area contributed by atoms with Gasteiger partial charge in [-0.05, 0) is 38.4 Å². The van der Waals surface area contributed by atoms with Crippen molar-refractivity contribution in [2.45, 2.75) is 32.2 Å². The van der Waals surface area contributed by atoms with E-state index < -0.39 is 0 Å². The average Bonchev–Trinajstić information content (AvgIpc) is 3.21. The van der Waals surface area contributed by atoms with Gasteiger partial charge in [-0.15, -0.1) is 0 Å². The van der Waals surface area contributed by atoms with Gasteiger partial charge in [0, 0.05) is 49.7 Å². The van der Waals surface area contributed by atoms with Crippen molar-refractivity contribution in [2.24, 2.45) is 0 Å². The van der Waals surface area contributed by atoms with E-state index in [1.165, 1.54) is 0 Å². The summed E-state index contributed by atoms with van der Waals surface area (Å²) in [6.07, 6.45) is 9.24. The Bertz CT molecular complexity index is 940. The smallest absolute Gasteiger partial charge is 0.254 e. The van der Waals surface area contributed by atoms with E-state index in [0.717, 1.165) is 49.4 Å². The second kappa shape index (κ2) is 8.96. The Kier molecular flexibility index (Phi) is 5.95. The maximum atomic E-state index is 12.7. The summed E-state index contributed by atoms with van der Waals surface area (Å²) in [5.74, 6) is 0.161. The maximum Gasteiger partial charge on any atom is 0.254 e. The summed E-state index contributed by atoms with van der Waals surface area (Å²) >= 11 is 0. The number of hydrogen-bond donors (Lipinski definition) is 1. The molecule has 7 nitrogen and oxygen atoms in total. The molecular weight excluding hydrogens is 364 g/mol. The van der Waals surface area contributed by atoms with E-state index >= 15 is 0 Å². The minimum Gasteiger partial charge on any atom is -0.352 e. The Hall–Kier alpha value is -3.06. The highest BCUT2D eigenvalue weighted by Gasteiger charge is 2.28. The molecule has 0 saturated carbocycles. The van der Waals surface area contributed by atoms with Crippen molar-refractivity contribution in [2.75, 3.05) is 19.6 Å². The summed E-state index contributed by atoms with van der Waals surface area (Å²) in [6, 6.07) is 9.94. The normalized spacial score (nSPS) is 17.2. The molecule has 7 heteroatoms. The predicted molar refractivity (Wildman–Crippen MR) is 111 cm³/mol. The van der Waals surface area contributed by atoms with Gasteiger partial charge >= 0.3 is 0 Å². The standard InChI is InChI=1S/C22H26N6O/c1-2-25-22(29)20-15-28(19-8-4-3-5-9-19)26-21(20)18-7-6-10-27(14-18)13-17-11-23-16-24-12-17/h3-5,8-9,11-12,15-16,18H,2,6-7,10,13-14H2,1H3,(H,25,29). The molecule has 1 aromatic carbocycles. The first-order chi connectivity index (χ1) is 14.2. The Balaban J connectivity index is 1.60. The number of para-hydroxylation sites is 1. The lowest BCUT2D eigenvalue weighted by molar-refractivity contribution is 0.0953. The van der Waals surface area contributed by atoms with Crippen molar-refractivity contribution in [3.8, 4) is 5.69 Å². The zero-order chi connectivity index (χ0) is 20.1. The lowest BCUT2D eigenvalue weighted by Crippen LogP contribution is -2.35. The zero-order valence-corrected chi connectivity index (χ0v) is 16.7. The van der Waals surface area contributed by atoms with Crippen LogP contribution in [0.15, 0.2) is 55.2 Å². The fraction of sp³-hybridized carbons (Fsp3) is 0.364. The summed E-state index contributed by atoms with van der Waals surface area (Å²) in [7, 11) is 0. The summed E-state index contributed by atoms with van der Waals surface area (Å²) in [5.41, 5.74) is 3.62. The molecule has 0 bridgehead atoms. The van der Waals surface area contributed by atoms with Crippen molar-refractivity contribution < 1.29 is 4.79 Å². The Morgan fingerprint density at radius 1 is 1.21 bits per heavy atom. The van der Waals surface area contributed by atoms with Crippen LogP contribution in [0.25, 0.3) is 5.69 Å². The van der Waals surface area contributed by atoms with Gasteiger partial charge < -0.3 is 5.32 Å². The van der Waals surface area contributed by atoms with Crippen molar-refractivity contribution in [1.82, 2.24) is 30.0 Å². The van der Waals surface area contributed by atoms with Crippen LogP contribution in [0.5, 0.6) is 0 Å². The van der Waals surface area contributed by atoms with E-state index in [2.05, 4.69) is 20.2 Å². The number of carbonyl (C=O) groups excluding carboxylic acids is 1. The van der Waals surface area contributed by atoms with Crippen LogP contribution in [0.1, 0.15) is 47.3 Å². The molecule has 4 rings (SSSR count). The Morgan fingerprint density at radius 3 is 2.76 bits per heavy atom. The van der Waals surface area contributed by atoms with E-state index in [1.807, 2.05) is 60.5 Å². The number of aromatic nitrogens is 4. The topological polar surface area (TPSA) is 75.9 Å². The first-order valence-corrected chi connectivity index (χ1v) is 10.1. The molecule has 1 amide bonds. The maximum absolute atomic E-state index is 12.7. The van der Waals surface area contributed by atoms with Crippen LogP contribution in [0.2, 0.25) is 0 Å². The van der Waals surface area contributed by atoms with Gasteiger partial charge in [0.25, 0.3) is 5.91 Å². The first-order valence-electron chi connectivity index (χ1n) is 10.1. The molecule has 1 N–H and O–H groups in total. The largest absolute Gasteiger partial charge is 0.352 e. The molecule has 29 heavy (non-hydrogen) atoms. The molecule has 150 valence electrons. The minimum atomic E-state index is -0.0572. The van der Waals surface area contributed by atoms with Crippen LogP contribution < -0.4 is 5.32 Å². The first kappa shape index (κ1) is 19.3. The third-order valence-electron chi connectivity index (χ3n) is 5.26. The SMILES string of the molecule is CCNC(=O)c1cn(-c2ccccc2)nc1C1CCCN(Cc2cncnc2)C1. The number of hydrogen-bond acceptors (Lipinski definition) is 5. The summed E-state index contributed by atoms with van der Waals surface area (Å²) in [5, 5.41) is 7.79. The van der Waals surface area contributed by atoms with Gasteiger partial charge in [0.1, 0.15) is 6.33 Å². The van der Waals surface area contributed by atoms with Gasteiger partial charge in [0.2, 0.25) is 0 Å². The molecule has 3 aromatic rings. The van der Waals surface area contributed by atoms with Crippen LogP contribution in [0.4, 0.5) is 0 Å². The quantitative estimate of drug-likeness (QED) is 0.700. The molecule has 1 aliphatic heterocycles. The number of amides is 1. The van der Waals surface area contributed by atoms with Crippen molar-refractivity contribution in [3.05, 3.63) is 72.1 Å². The van der Waals surface area contributed by atoms with Gasteiger partial charge in [0.15, 0.2) is 0 Å². The van der Waals surface area contributed by atoms with Gasteiger partial charge in [-0.1, -0.05) is 18.2 Å². The lowest BCUT2D eigenvalue weighted by Gasteiger charge is -2.32. The third kappa shape index (κ3) is 4.51.